The van der Waals surface area contributed by atoms with Crippen LogP contribution in [-0.4, -0.2) is 28.7 Å². The fourth-order valence-electron chi connectivity index (χ4n) is 3.64. The number of nitrogens with zero attached hydrogens (tertiary/aromatic N) is 1. The molecule has 1 unspecified atom stereocenters. The van der Waals surface area contributed by atoms with E-state index in [4.69, 9.17) is 4.74 Å². The molecule has 27 heavy (non-hydrogen) atoms. The number of cyclic esters (lactones) is 1. The molecule has 2 atom stereocenters. The average molecular weight is 364 g/mol. The van der Waals surface area contributed by atoms with Gasteiger partial charge in [-0.1, -0.05) is 37.3 Å². The first-order valence-corrected chi connectivity index (χ1v) is 9.09. The summed E-state index contributed by atoms with van der Waals surface area (Å²) in [5, 5.41) is 2.87. The van der Waals surface area contributed by atoms with Crippen LogP contribution in [0, 0.1) is 0 Å². The third-order valence-electron chi connectivity index (χ3n) is 5.11. The van der Waals surface area contributed by atoms with Gasteiger partial charge in [-0.3, -0.25) is 14.5 Å². The minimum atomic E-state index is -0.845. The van der Waals surface area contributed by atoms with Gasteiger partial charge in [0.25, 0.3) is 0 Å². The smallest absolute Gasteiger partial charge is 0.340 e. The van der Waals surface area contributed by atoms with E-state index in [0.717, 1.165) is 6.42 Å². The van der Waals surface area contributed by atoms with E-state index in [1.54, 1.807) is 24.3 Å². The zero-order chi connectivity index (χ0) is 19.0. The highest BCUT2D eigenvalue weighted by atomic mass is 16.6. The van der Waals surface area contributed by atoms with Gasteiger partial charge in [-0.15, -0.1) is 0 Å². The Morgan fingerprint density at radius 3 is 2.63 bits per heavy atom. The van der Waals surface area contributed by atoms with Crippen LogP contribution in [0.5, 0.6) is 0 Å². The van der Waals surface area contributed by atoms with Gasteiger partial charge in [0.2, 0.25) is 18.0 Å². The van der Waals surface area contributed by atoms with Crippen LogP contribution in [-0.2, 0) is 20.7 Å². The van der Waals surface area contributed by atoms with E-state index < -0.39 is 18.2 Å². The van der Waals surface area contributed by atoms with Crippen LogP contribution < -0.4 is 5.32 Å². The Labute approximate surface area is 157 Å². The number of hydrogen-bond acceptors (Lipinski definition) is 4. The van der Waals surface area contributed by atoms with Crippen molar-refractivity contribution in [3.05, 3.63) is 65.2 Å². The number of amides is 2. The first-order chi connectivity index (χ1) is 13.1. The number of carbonyl (C=O) groups is 3. The van der Waals surface area contributed by atoms with E-state index in [0.29, 0.717) is 23.2 Å². The van der Waals surface area contributed by atoms with Crippen molar-refractivity contribution in [1.29, 1.82) is 0 Å². The zero-order valence-corrected chi connectivity index (χ0v) is 15.0. The van der Waals surface area contributed by atoms with Gasteiger partial charge in [0.05, 0.1) is 5.56 Å². The van der Waals surface area contributed by atoms with Crippen LogP contribution in [0.3, 0.4) is 0 Å². The van der Waals surface area contributed by atoms with Gasteiger partial charge in [0.1, 0.15) is 6.04 Å². The predicted octanol–water partition coefficient (Wildman–Crippen LogP) is 3.05. The van der Waals surface area contributed by atoms with Crippen LogP contribution in [0.25, 0.3) is 0 Å². The summed E-state index contributed by atoms with van der Waals surface area (Å²) in [5.41, 5.74) is 2.93. The predicted molar refractivity (Wildman–Crippen MR) is 98.9 cm³/mol. The van der Waals surface area contributed by atoms with Crippen molar-refractivity contribution in [1.82, 2.24) is 4.90 Å². The molecule has 0 aromatic heterocycles. The summed E-state index contributed by atoms with van der Waals surface area (Å²) in [4.78, 5) is 38.8. The molecule has 2 aromatic carbocycles. The fraction of sp³-hybridized carbons (Fsp3) is 0.286. The fourth-order valence-corrected chi connectivity index (χ4v) is 3.64. The van der Waals surface area contributed by atoms with Gasteiger partial charge >= 0.3 is 5.97 Å². The molecule has 0 spiro atoms. The molecule has 6 heteroatoms. The Morgan fingerprint density at radius 1 is 1.15 bits per heavy atom. The molecule has 6 nitrogen and oxygen atoms in total. The van der Waals surface area contributed by atoms with Crippen molar-refractivity contribution >= 4 is 23.5 Å². The molecule has 2 aromatic rings. The summed E-state index contributed by atoms with van der Waals surface area (Å²) < 4.78 is 5.43. The third kappa shape index (κ3) is 3.07. The van der Waals surface area contributed by atoms with E-state index in [1.165, 1.54) is 10.5 Å². The topological polar surface area (TPSA) is 75.7 Å². The number of fused-ring (bicyclic) bond motifs is 1. The number of anilines is 1. The molecule has 2 heterocycles. The lowest BCUT2D eigenvalue weighted by atomic mass is 10.1. The van der Waals surface area contributed by atoms with Gasteiger partial charge in [-0.05, 0) is 36.6 Å². The average Bonchev–Trinajstić information content (AvgIpc) is 3.22. The zero-order valence-electron chi connectivity index (χ0n) is 15.0. The molecular weight excluding hydrogens is 344 g/mol. The largest absolute Gasteiger partial charge is 0.433 e. The normalized spacial score (nSPS) is 21.1. The van der Waals surface area contributed by atoms with Gasteiger partial charge in [0, 0.05) is 17.7 Å². The Bertz CT molecular complexity index is 907. The first-order valence-electron chi connectivity index (χ1n) is 9.09. The number of likely N-dealkylation sites (tertiary alicyclic amines) is 1. The van der Waals surface area contributed by atoms with E-state index >= 15 is 0 Å². The molecular formula is C21H20N2O4. The summed E-state index contributed by atoms with van der Waals surface area (Å²) in [6, 6.07) is 13.9. The van der Waals surface area contributed by atoms with Gasteiger partial charge in [-0.25, -0.2) is 4.79 Å². The molecule has 0 saturated carbocycles. The van der Waals surface area contributed by atoms with Crippen molar-refractivity contribution in [2.24, 2.45) is 0 Å². The summed E-state index contributed by atoms with van der Waals surface area (Å²) in [7, 11) is 0. The number of hydrogen-bond donors (Lipinski definition) is 1. The highest BCUT2D eigenvalue weighted by Crippen LogP contribution is 2.38. The third-order valence-corrected chi connectivity index (χ3v) is 5.11. The Morgan fingerprint density at radius 2 is 1.89 bits per heavy atom. The van der Waals surface area contributed by atoms with E-state index in [9.17, 15) is 14.4 Å². The molecule has 2 aliphatic heterocycles. The summed E-state index contributed by atoms with van der Waals surface area (Å²) in [5.74, 6) is -0.930. The molecule has 2 aliphatic rings. The number of nitrogens with one attached hydrogen (secondary N) is 1. The SMILES string of the molecule is CCc1ccc(NC(=O)[C@@H]2CCC(=O)N2C2OC(=O)c3ccccc32)cc1. The Balaban J connectivity index is 1.56. The standard InChI is InChI=1S/C21H20N2O4/c1-2-13-7-9-14(10-8-13)22-19(25)17-11-12-18(24)23(17)20-15-5-3-4-6-16(15)21(26)27-20/h3-10,17,20H,2,11-12H2,1H3,(H,22,25)/t17-,20?/m0/s1. The van der Waals surface area contributed by atoms with E-state index in [-0.39, 0.29) is 18.2 Å². The van der Waals surface area contributed by atoms with Crippen molar-refractivity contribution in [3.8, 4) is 0 Å². The molecule has 1 N–H and O–H groups in total. The number of carbonyl (C=O) groups excluding carboxylic acids is 3. The molecule has 138 valence electrons. The lowest BCUT2D eigenvalue weighted by molar-refractivity contribution is -0.144. The molecule has 1 saturated heterocycles. The highest BCUT2D eigenvalue weighted by Gasteiger charge is 2.46. The second kappa shape index (κ2) is 6.87. The number of esters is 1. The highest BCUT2D eigenvalue weighted by molar-refractivity contribution is 6.00. The van der Waals surface area contributed by atoms with Crippen molar-refractivity contribution < 1.29 is 19.1 Å². The molecule has 1 fully saturated rings. The monoisotopic (exact) mass is 364 g/mol. The van der Waals surface area contributed by atoms with Gasteiger partial charge in [0.15, 0.2) is 0 Å². The number of rotatable bonds is 4. The van der Waals surface area contributed by atoms with Crippen LogP contribution in [0.4, 0.5) is 5.69 Å². The minimum absolute atomic E-state index is 0.189. The second-order valence-electron chi connectivity index (χ2n) is 6.74. The van der Waals surface area contributed by atoms with Gasteiger partial charge < -0.3 is 10.1 Å². The molecule has 4 rings (SSSR count). The quantitative estimate of drug-likeness (QED) is 0.846. The number of benzene rings is 2. The van der Waals surface area contributed by atoms with Crippen molar-refractivity contribution in [2.75, 3.05) is 5.32 Å². The second-order valence-corrected chi connectivity index (χ2v) is 6.74. The van der Waals surface area contributed by atoms with Crippen molar-refractivity contribution in [3.63, 3.8) is 0 Å². The maximum atomic E-state index is 12.8. The summed E-state index contributed by atoms with van der Waals surface area (Å²) in [6.45, 7) is 2.07. The van der Waals surface area contributed by atoms with Crippen LogP contribution in [0.2, 0.25) is 0 Å². The maximum Gasteiger partial charge on any atom is 0.340 e. The van der Waals surface area contributed by atoms with E-state index in [1.807, 2.05) is 24.3 Å². The van der Waals surface area contributed by atoms with Crippen molar-refractivity contribution in [2.45, 2.75) is 38.5 Å². The molecule has 0 aliphatic carbocycles. The maximum absolute atomic E-state index is 12.8. The minimum Gasteiger partial charge on any atom is -0.433 e. The van der Waals surface area contributed by atoms with E-state index in [2.05, 4.69) is 12.2 Å². The Kier molecular flexibility index (Phi) is 4.39. The van der Waals surface area contributed by atoms with Crippen LogP contribution in [0.15, 0.2) is 48.5 Å². The van der Waals surface area contributed by atoms with Crippen LogP contribution >= 0.6 is 0 Å². The molecule has 0 radical (unpaired) electrons. The number of ether oxygens (including phenoxy) is 1. The van der Waals surface area contributed by atoms with Crippen LogP contribution in [0.1, 0.15) is 47.5 Å². The first kappa shape index (κ1) is 17.3. The lowest BCUT2D eigenvalue weighted by Gasteiger charge is -2.29. The lowest BCUT2D eigenvalue weighted by Crippen LogP contribution is -2.43. The molecule has 2 amide bonds. The number of aryl methyl sites for hydroxylation is 1. The summed E-state index contributed by atoms with van der Waals surface area (Å²) >= 11 is 0. The van der Waals surface area contributed by atoms with Gasteiger partial charge in [-0.2, -0.15) is 0 Å². The molecule has 0 bridgehead atoms. The Hall–Kier alpha value is -3.15. The summed E-state index contributed by atoms with van der Waals surface area (Å²) in [6.07, 6.45) is 0.727.